The summed E-state index contributed by atoms with van der Waals surface area (Å²) in [5.41, 5.74) is 6.39. The number of hydrogen-bond acceptors (Lipinski definition) is 2. The average molecular weight is 352 g/mol. The van der Waals surface area contributed by atoms with Crippen molar-refractivity contribution in [1.29, 1.82) is 0 Å². The Morgan fingerprint density at radius 1 is 1.42 bits per heavy atom. The lowest BCUT2D eigenvalue weighted by molar-refractivity contribution is 0.161. The SMILES string of the molecule is Cl.NCCC1CCCN(Cc2c(F)cccc2Br)C1. The third-order valence-electron chi connectivity index (χ3n) is 3.62. The predicted molar refractivity (Wildman–Crippen MR) is 83.0 cm³/mol. The van der Waals surface area contributed by atoms with Crippen LogP contribution in [0.1, 0.15) is 24.8 Å². The number of nitrogens with two attached hydrogens (primary N) is 1. The second-order valence-electron chi connectivity index (χ2n) is 5.02. The van der Waals surface area contributed by atoms with Gasteiger partial charge in [0.1, 0.15) is 5.82 Å². The Bertz CT molecular complexity index is 381. The van der Waals surface area contributed by atoms with Crippen molar-refractivity contribution in [3.63, 3.8) is 0 Å². The van der Waals surface area contributed by atoms with Crippen molar-refractivity contribution in [3.8, 4) is 0 Å². The van der Waals surface area contributed by atoms with E-state index in [0.717, 1.165) is 36.1 Å². The first-order chi connectivity index (χ1) is 8.70. The zero-order valence-corrected chi connectivity index (χ0v) is 13.4. The molecule has 1 aliphatic rings. The molecule has 2 rings (SSSR count). The molecule has 0 aliphatic carbocycles. The lowest BCUT2D eigenvalue weighted by Crippen LogP contribution is -2.36. The number of hydrogen-bond donors (Lipinski definition) is 1. The van der Waals surface area contributed by atoms with Crippen LogP contribution in [0.15, 0.2) is 22.7 Å². The molecule has 1 unspecified atom stereocenters. The van der Waals surface area contributed by atoms with E-state index < -0.39 is 0 Å². The predicted octanol–water partition coefficient (Wildman–Crippen LogP) is 3.57. The van der Waals surface area contributed by atoms with Crippen molar-refractivity contribution in [2.24, 2.45) is 11.7 Å². The summed E-state index contributed by atoms with van der Waals surface area (Å²) in [5, 5.41) is 0. The number of rotatable bonds is 4. The minimum Gasteiger partial charge on any atom is -0.330 e. The Morgan fingerprint density at radius 2 is 2.21 bits per heavy atom. The largest absolute Gasteiger partial charge is 0.330 e. The van der Waals surface area contributed by atoms with Gasteiger partial charge in [0.05, 0.1) is 0 Å². The van der Waals surface area contributed by atoms with E-state index in [1.807, 2.05) is 6.07 Å². The van der Waals surface area contributed by atoms with E-state index >= 15 is 0 Å². The normalized spacial score (nSPS) is 20.1. The molecule has 2 nitrogen and oxygen atoms in total. The third-order valence-corrected chi connectivity index (χ3v) is 4.36. The molecule has 0 saturated carbocycles. The molecule has 1 atom stereocenters. The standard InChI is InChI=1S/C14H20BrFN2.ClH/c15-13-4-1-5-14(16)12(13)10-18-8-2-3-11(9-18)6-7-17;/h1,4-5,11H,2-3,6-10,17H2;1H. The van der Waals surface area contributed by atoms with Crippen molar-refractivity contribution >= 4 is 28.3 Å². The van der Waals surface area contributed by atoms with Crippen LogP contribution in [0.2, 0.25) is 0 Å². The lowest BCUT2D eigenvalue weighted by atomic mass is 9.94. The smallest absolute Gasteiger partial charge is 0.128 e. The van der Waals surface area contributed by atoms with Gasteiger partial charge in [0, 0.05) is 23.1 Å². The Balaban J connectivity index is 0.00000180. The van der Waals surface area contributed by atoms with E-state index in [2.05, 4.69) is 20.8 Å². The van der Waals surface area contributed by atoms with Gasteiger partial charge >= 0.3 is 0 Å². The second kappa shape index (κ2) is 8.20. The van der Waals surface area contributed by atoms with E-state index in [9.17, 15) is 4.39 Å². The minimum atomic E-state index is -0.120. The van der Waals surface area contributed by atoms with Gasteiger partial charge < -0.3 is 5.73 Å². The first-order valence-corrected chi connectivity index (χ1v) is 7.35. The summed E-state index contributed by atoms with van der Waals surface area (Å²) in [4.78, 5) is 2.34. The van der Waals surface area contributed by atoms with Crippen LogP contribution in [0.3, 0.4) is 0 Å². The molecule has 19 heavy (non-hydrogen) atoms. The zero-order chi connectivity index (χ0) is 13.0. The van der Waals surface area contributed by atoms with Crippen molar-refractivity contribution < 1.29 is 4.39 Å². The highest BCUT2D eigenvalue weighted by atomic mass is 79.9. The third kappa shape index (κ3) is 4.71. The van der Waals surface area contributed by atoms with Gasteiger partial charge in [0.15, 0.2) is 0 Å². The zero-order valence-electron chi connectivity index (χ0n) is 10.9. The molecule has 0 radical (unpaired) electrons. The van der Waals surface area contributed by atoms with Gasteiger partial charge in [-0.05, 0) is 50.4 Å². The van der Waals surface area contributed by atoms with Crippen LogP contribution >= 0.6 is 28.3 Å². The molecule has 0 amide bonds. The maximum atomic E-state index is 13.8. The second-order valence-corrected chi connectivity index (χ2v) is 5.88. The fourth-order valence-electron chi connectivity index (χ4n) is 2.67. The fraction of sp³-hybridized carbons (Fsp3) is 0.571. The van der Waals surface area contributed by atoms with E-state index in [4.69, 9.17) is 5.73 Å². The van der Waals surface area contributed by atoms with Crippen molar-refractivity contribution in [1.82, 2.24) is 4.90 Å². The summed E-state index contributed by atoms with van der Waals surface area (Å²) in [6.45, 7) is 3.54. The number of benzene rings is 1. The first-order valence-electron chi connectivity index (χ1n) is 6.56. The van der Waals surface area contributed by atoms with Crippen LogP contribution in [0.25, 0.3) is 0 Å². The highest BCUT2D eigenvalue weighted by Gasteiger charge is 2.20. The Hall–Kier alpha value is -0.160. The Labute approximate surface area is 129 Å². The molecule has 108 valence electrons. The van der Waals surface area contributed by atoms with Gasteiger partial charge in [-0.15, -0.1) is 12.4 Å². The summed E-state index contributed by atoms with van der Waals surface area (Å²) >= 11 is 3.43. The van der Waals surface area contributed by atoms with Crippen molar-refractivity contribution in [3.05, 3.63) is 34.1 Å². The topological polar surface area (TPSA) is 29.3 Å². The molecule has 1 fully saturated rings. The molecule has 0 aromatic heterocycles. The summed E-state index contributed by atoms with van der Waals surface area (Å²) < 4.78 is 14.6. The molecule has 1 heterocycles. The number of nitrogens with zero attached hydrogens (tertiary/aromatic N) is 1. The maximum absolute atomic E-state index is 13.8. The van der Waals surface area contributed by atoms with E-state index in [-0.39, 0.29) is 18.2 Å². The molecule has 0 bridgehead atoms. The van der Waals surface area contributed by atoms with Crippen LogP contribution in [0, 0.1) is 11.7 Å². The Morgan fingerprint density at radius 3 is 2.89 bits per heavy atom. The van der Waals surface area contributed by atoms with Crippen LogP contribution in [0.5, 0.6) is 0 Å². The van der Waals surface area contributed by atoms with E-state index in [0.29, 0.717) is 12.5 Å². The quantitative estimate of drug-likeness (QED) is 0.898. The van der Waals surface area contributed by atoms with E-state index in [1.54, 1.807) is 6.07 Å². The van der Waals surface area contributed by atoms with Gasteiger partial charge in [-0.2, -0.15) is 0 Å². The first kappa shape index (κ1) is 16.9. The molecule has 2 N–H and O–H groups in total. The summed E-state index contributed by atoms with van der Waals surface area (Å²) in [6.07, 6.45) is 3.53. The molecular formula is C14H21BrClFN2. The molecule has 1 aromatic rings. The van der Waals surface area contributed by atoms with Crippen molar-refractivity contribution in [2.45, 2.75) is 25.8 Å². The van der Waals surface area contributed by atoms with Gasteiger partial charge in [0.25, 0.3) is 0 Å². The average Bonchev–Trinajstić information content (AvgIpc) is 2.35. The van der Waals surface area contributed by atoms with Crippen LogP contribution in [-0.2, 0) is 6.54 Å². The fourth-order valence-corrected chi connectivity index (χ4v) is 3.14. The lowest BCUT2D eigenvalue weighted by Gasteiger charge is -2.32. The number of piperidine rings is 1. The molecule has 5 heteroatoms. The highest BCUT2D eigenvalue weighted by Crippen LogP contribution is 2.25. The summed E-state index contributed by atoms with van der Waals surface area (Å²) in [7, 11) is 0. The summed E-state index contributed by atoms with van der Waals surface area (Å²) in [5.74, 6) is 0.555. The van der Waals surface area contributed by atoms with Crippen molar-refractivity contribution in [2.75, 3.05) is 19.6 Å². The number of likely N-dealkylation sites (tertiary alicyclic amines) is 1. The Kier molecular flexibility index (Phi) is 7.29. The molecule has 1 aromatic carbocycles. The molecule has 0 spiro atoms. The van der Waals surface area contributed by atoms with Crippen LogP contribution in [-0.4, -0.2) is 24.5 Å². The van der Waals surface area contributed by atoms with Gasteiger partial charge in [-0.25, -0.2) is 4.39 Å². The minimum absolute atomic E-state index is 0. The molecule has 1 saturated heterocycles. The van der Waals surface area contributed by atoms with Gasteiger partial charge in [0.2, 0.25) is 0 Å². The van der Waals surface area contributed by atoms with Crippen LogP contribution in [0.4, 0.5) is 4.39 Å². The molecule has 1 aliphatic heterocycles. The number of halogens is 3. The summed E-state index contributed by atoms with van der Waals surface area (Å²) in [6, 6.07) is 5.16. The van der Waals surface area contributed by atoms with Gasteiger partial charge in [-0.3, -0.25) is 4.90 Å². The highest BCUT2D eigenvalue weighted by molar-refractivity contribution is 9.10. The monoisotopic (exact) mass is 350 g/mol. The van der Waals surface area contributed by atoms with Crippen LogP contribution < -0.4 is 5.73 Å². The molecular weight excluding hydrogens is 331 g/mol. The maximum Gasteiger partial charge on any atom is 0.128 e. The van der Waals surface area contributed by atoms with Gasteiger partial charge in [-0.1, -0.05) is 22.0 Å². The van der Waals surface area contributed by atoms with E-state index in [1.165, 1.54) is 18.9 Å².